The van der Waals surface area contributed by atoms with E-state index in [1.54, 1.807) is 0 Å². The Morgan fingerprint density at radius 3 is 2.42 bits per heavy atom. The van der Waals surface area contributed by atoms with Gasteiger partial charge in [0.1, 0.15) is 6.10 Å². The van der Waals surface area contributed by atoms with E-state index >= 15 is 0 Å². The molecule has 0 aromatic heterocycles. The minimum Gasteiger partial charge on any atom is -0.462 e. The predicted octanol–water partition coefficient (Wildman–Crippen LogP) is 6.13. The third-order valence-corrected chi connectivity index (χ3v) is 11.3. The molecule has 4 fully saturated rings. The Balaban J connectivity index is 1.51. The van der Waals surface area contributed by atoms with Gasteiger partial charge in [0.15, 0.2) is 0 Å². The number of aliphatic hydroxyl groups excluding tert-OH is 1. The minimum absolute atomic E-state index is 0.275. The lowest BCUT2D eigenvalue weighted by Crippen LogP contribution is -2.68. The molecule has 4 rings (SSSR count). The van der Waals surface area contributed by atoms with E-state index in [2.05, 4.69) is 34.6 Å². The number of carbonyl (C=O) groups excluding carboxylic acids is 1. The van der Waals surface area contributed by atoms with Gasteiger partial charge in [-0.1, -0.05) is 53.9 Å². The average molecular weight is 463 g/mol. The molecule has 2 N–H and O–H groups in total. The molecule has 190 valence electrons. The topological polar surface area (TPSA) is 66.8 Å². The number of hydrogen-bond donors (Lipinski definition) is 2. The lowest BCUT2D eigenvalue weighted by Gasteiger charge is -2.65. The third kappa shape index (κ3) is 4.20. The van der Waals surface area contributed by atoms with Crippen molar-refractivity contribution in [2.75, 3.05) is 0 Å². The Morgan fingerprint density at radius 2 is 1.76 bits per heavy atom. The van der Waals surface area contributed by atoms with Gasteiger partial charge < -0.3 is 14.9 Å². The van der Waals surface area contributed by atoms with Gasteiger partial charge in [0.2, 0.25) is 0 Å². The van der Waals surface area contributed by atoms with Gasteiger partial charge in [-0.25, -0.2) is 0 Å². The first-order valence-electron chi connectivity index (χ1n) is 14.0. The number of esters is 1. The van der Waals surface area contributed by atoms with E-state index in [1.165, 1.54) is 45.4 Å². The van der Waals surface area contributed by atoms with E-state index in [1.807, 2.05) is 0 Å². The Kier molecular flexibility index (Phi) is 7.04. The van der Waals surface area contributed by atoms with Crippen molar-refractivity contribution in [2.24, 2.45) is 46.3 Å². The van der Waals surface area contributed by atoms with Crippen molar-refractivity contribution in [3.05, 3.63) is 0 Å². The van der Waals surface area contributed by atoms with Gasteiger partial charge in [-0.05, 0) is 85.9 Å². The molecular weight excluding hydrogens is 412 g/mol. The molecule has 0 aliphatic heterocycles. The fourth-order valence-corrected chi connectivity index (χ4v) is 9.60. The van der Waals surface area contributed by atoms with Crippen molar-refractivity contribution in [1.29, 1.82) is 0 Å². The smallest absolute Gasteiger partial charge is 0.302 e. The fourth-order valence-electron chi connectivity index (χ4n) is 9.60. The van der Waals surface area contributed by atoms with E-state index in [0.29, 0.717) is 36.0 Å². The molecule has 0 radical (unpaired) electrons. The van der Waals surface area contributed by atoms with Crippen LogP contribution in [0.3, 0.4) is 0 Å². The van der Waals surface area contributed by atoms with Crippen LogP contribution < -0.4 is 0 Å². The molecule has 0 heterocycles. The van der Waals surface area contributed by atoms with Crippen molar-refractivity contribution in [3.8, 4) is 0 Å². The maximum atomic E-state index is 11.9. The van der Waals surface area contributed by atoms with Gasteiger partial charge in [-0.2, -0.15) is 0 Å². The minimum atomic E-state index is -1.15. The van der Waals surface area contributed by atoms with Crippen LogP contribution in [-0.4, -0.2) is 34.0 Å². The summed E-state index contributed by atoms with van der Waals surface area (Å²) in [4.78, 5) is 11.5. The number of fused-ring (bicyclic) bond motifs is 5. The zero-order chi connectivity index (χ0) is 24.2. The van der Waals surface area contributed by atoms with Gasteiger partial charge in [0.05, 0.1) is 11.7 Å². The van der Waals surface area contributed by atoms with Crippen LogP contribution in [0.4, 0.5) is 0 Å². The molecule has 0 bridgehead atoms. The normalized spacial score (nSPS) is 48.0. The maximum Gasteiger partial charge on any atom is 0.302 e. The first-order chi connectivity index (χ1) is 15.4. The van der Waals surface area contributed by atoms with Crippen LogP contribution in [0, 0.1) is 46.3 Å². The highest BCUT2D eigenvalue weighted by Crippen LogP contribution is 2.69. The van der Waals surface area contributed by atoms with Gasteiger partial charge in [-0.3, -0.25) is 4.79 Å². The molecule has 4 saturated carbocycles. The Bertz CT molecular complexity index is 720. The lowest BCUT2D eigenvalue weighted by molar-refractivity contribution is -0.266. The summed E-state index contributed by atoms with van der Waals surface area (Å²) < 4.78 is 5.50. The summed E-state index contributed by atoms with van der Waals surface area (Å²) in [5.41, 5.74) is -1.07. The van der Waals surface area contributed by atoms with Gasteiger partial charge in [-0.15, -0.1) is 0 Å². The zero-order valence-electron chi connectivity index (χ0n) is 22.1. The van der Waals surface area contributed by atoms with Crippen LogP contribution in [0.5, 0.6) is 0 Å². The maximum absolute atomic E-state index is 11.9. The summed E-state index contributed by atoms with van der Waals surface area (Å²) in [6.45, 7) is 13.4. The van der Waals surface area contributed by atoms with E-state index in [9.17, 15) is 15.0 Å². The summed E-state index contributed by atoms with van der Waals surface area (Å²) in [7, 11) is 0. The van der Waals surface area contributed by atoms with E-state index < -0.39 is 11.7 Å². The Hall–Kier alpha value is -0.610. The van der Waals surface area contributed by atoms with E-state index in [-0.39, 0.29) is 17.5 Å². The van der Waals surface area contributed by atoms with Crippen molar-refractivity contribution >= 4 is 5.97 Å². The number of hydrogen-bond acceptors (Lipinski definition) is 4. The van der Waals surface area contributed by atoms with Gasteiger partial charge in [0.25, 0.3) is 0 Å². The van der Waals surface area contributed by atoms with Crippen molar-refractivity contribution in [3.63, 3.8) is 0 Å². The molecule has 0 saturated heterocycles. The number of aliphatic hydroxyl groups is 2. The summed E-state index contributed by atoms with van der Waals surface area (Å²) >= 11 is 0. The van der Waals surface area contributed by atoms with Crippen LogP contribution in [0.25, 0.3) is 0 Å². The summed E-state index contributed by atoms with van der Waals surface area (Å²) in [6, 6.07) is 0. The van der Waals surface area contributed by atoms with Crippen molar-refractivity contribution in [2.45, 2.75) is 130 Å². The number of carbonyl (C=O) groups is 1. The molecule has 4 aliphatic rings. The Labute approximate surface area is 202 Å². The highest BCUT2D eigenvalue weighted by Gasteiger charge is 2.67. The highest BCUT2D eigenvalue weighted by molar-refractivity contribution is 5.66. The van der Waals surface area contributed by atoms with Crippen LogP contribution in [0.15, 0.2) is 0 Å². The van der Waals surface area contributed by atoms with E-state index in [0.717, 1.165) is 37.0 Å². The molecule has 33 heavy (non-hydrogen) atoms. The zero-order valence-corrected chi connectivity index (χ0v) is 22.1. The Morgan fingerprint density at radius 1 is 1.03 bits per heavy atom. The second-order valence-electron chi connectivity index (χ2n) is 13.5. The van der Waals surface area contributed by atoms with Crippen molar-refractivity contribution < 1.29 is 19.7 Å². The molecule has 4 heteroatoms. The molecule has 1 unspecified atom stereocenters. The van der Waals surface area contributed by atoms with Gasteiger partial charge in [0, 0.05) is 18.8 Å². The summed E-state index contributed by atoms with van der Waals surface area (Å²) in [6.07, 6.45) is 10.8. The average Bonchev–Trinajstić information content (AvgIpc) is 3.07. The first kappa shape index (κ1) is 25.5. The van der Waals surface area contributed by atoms with Crippen molar-refractivity contribution in [1.82, 2.24) is 0 Å². The van der Waals surface area contributed by atoms with Crippen LogP contribution in [0.1, 0.15) is 112 Å². The standard InChI is InChI=1S/C29H50O4/c1-18(2)8-7-9-19(3)23-10-11-24-22-16-26(31)29(32)17-21(33-20(4)30)12-15-28(29,6)25(22)13-14-27(23,24)5/h18-19,21-26,31-32H,7-17H2,1-6H3/t19-,21+,22?,23-,24+,25+,26+,27-,28-,29+/m1/s1. The number of rotatable bonds is 6. The predicted molar refractivity (Wildman–Crippen MR) is 131 cm³/mol. The molecule has 0 spiro atoms. The molecular formula is C29H50O4. The third-order valence-electron chi connectivity index (χ3n) is 11.3. The summed E-state index contributed by atoms with van der Waals surface area (Å²) in [5, 5.41) is 23.3. The van der Waals surface area contributed by atoms with Crippen LogP contribution in [0.2, 0.25) is 0 Å². The second kappa shape index (κ2) is 9.12. The molecule has 0 amide bonds. The fraction of sp³-hybridized carbons (Fsp3) is 0.966. The molecule has 0 aromatic rings. The monoisotopic (exact) mass is 462 g/mol. The second-order valence-corrected chi connectivity index (χ2v) is 13.5. The first-order valence-corrected chi connectivity index (χ1v) is 14.0. The van der Waals surface area contributed by atoms with Crippen LogP contribution in [-0.2, 0) is 9.53 Å². The largest absolute Gasteiger partial charge is 0.462 e. The summed E-state index contributed by atoms with van der Waals surface area (Å²) in [5.74, 6) is 3.69. The number of ether oxygens (including phenoxy) is 1. The molecule has 4 nitrogen and oxygen atoms in total. The van der Waals surface area contributed by atoms with Gasteiger partial charge >= 0.3 is 5.97 Å². The molecule has 4 aliphatic carbocycles. The van der Waals surface area contributed by atoms with Crippen LogP contribution >= 0.6 is 0 Å². The molecule has 10 atom stereocenters. The quantitative estimate of drug-likeness (QED) is 0.466. The molecule has 0 aromatic carbocycles. The SMILES string of the molecule is CC(=O)O[C@H]1CC[C@]2(C)[C@H]3CC[C@]4(C)[C@@H]([C@H](C)CCCC(C)C)CC[C@H]4C3C[C@H](O)[C@@]2(O)C1. The van der Waals surface area contributed by atoms with E-state index in [4.69, 9.17) is 4.74 Å². The lowest BCUT2D eigenvalue weighted by atomic mass is 9.42. The highest BCUT2D eigenvalue weighted by atomic mass is 16.5.